The first-order valence-corrected chi connectivity index (χ1v) is 23.9. The van der Waals surface area contributed by atoms with Crippen molar-refractivity contribution >= 4 is 22.7 Å². The van der Waals surface area contributed by atoms with Crippen LogP contribution in [0.2, 0.25) is 0 Å². The largest absolute Gasteiger partial charge is 0.450 e. The van der Waals surface area contributed by atoms with E-state index >= 15 is 0 Å². The molecule has 13 heteroatoms. The molecule has 12 atom stereocenters. The molecule has 0 radical (unpaired) electrons. The number of carbonyl (C=O) groups is 2. The topological polar surface area (TPSA) is 136 Å². The Kier molecular flexibility index (Phi) is 14.3. The average molecular weight is 957 g/mol. The van der Waals surface area contributed by atoms with Crippen molar-refractivity contribution in [1.29, 1.82) is 0 Å². The Labute approximate surface area is 411 Å². The van der Waals surface area contributed by atoms with Crippen molar-refractivity contribution in [2.75, 3.05) is 13.2 Å². The molecule has 71 heavy (non-hydrogen) atoms. The maximum absolute atomic E-state index is 14.4. The molecule has 4 heterocycles. The van der Waals surface area contributed by atoms with Gasteiger partial charge in [0.1, 0.15) is 36.6 Å². The Morgan fingerprint density at radius 3 is 1.46 bits per heavy atom. The second-order valence-corrected chi connectivity index (χ2v) is 17.8. The van der Waals surface area contributed by atoms with E-state index in [0.717, 1.165) is 33.0 Å². The second kappa shape index (κ2) is 21.8. The highest BCUT2D eigenvalue weighted by atomic mass is 16.8. The van der Waals surface area contributed by atoms with Gasteiger partial charge in [0.2, 0.25) is 0 Å². The molecular weight excluding hydrogens is 905 g/mol. The number of hydrogen-bond donors (Lipinski definition) is 0. The summed E-state index contributed by atoms with van der Waals surface area (Å²) in [5.41, 5.74) is 3.87. The van der Waals surface area contributed by atoms with Crippen molar-refractivity contribution < 1.29 is 61.7 Å². The molecule has 0 bridgehead atoms. The van der Waals surface area contributed by atoms with Gasteiger partial charge in [-0.3, -0.25) is 0 Å². The fourth-order valence-electron chi connectivity index (χ4n) is 9.45. The third-order valence-corrected chi connectivity index (χ3v) is 13.0. The van der Waals surface area contributed by atoms with E-state index in [2.05, 4.69) is 12.1 Å². The van der Waals surface area contributed by atoms with Crippen LogP contribution in [0.1, 0.15) is 55.5 Å². The van der Waals surface area contributed by atoms with Crippen molar-refractivity contribution in [3.05, 3.63) is 228 Å². The Bertz CT molecular complexity index is 2840. The van der Waals surface area contributed by atoms with Crippen LogP contribution in [0, 0.1) is 0 Å². The smallest absolute Gasteiger partial charge is 0.338 e. The zero-order chi connectivity index (χ0) is 47.9. The van der Waals surface area contributed by atoms with E-state index in [-0.39, 0.29) is 26.4 Å². The van der Waals surface area contributed by atoms with Gasteiger partial charge < -0.3 is 52.1 Å². The fraction of sp³-hybridized carbons (Fsp3) is 0.276. The molecule has 0 spiro atoms. The van der Waals surface area contributed by atoms with Gasteiger partial charge in [-0.1, -0.05) is 164 Å². The van der Waals surface area contributed by atoms with E-state index in [4.69, 9.17) is 52.1 Å². The SMILES string of the molecule is O=C(OC1[C@H](O[C@@H]2C(OC(=O)c3ccccc3)[C@H](OCc3ccccc3)OC3COC(c4ccccc4)O[C@H]32)OC2COC(c3ccccc3)O[C@H]2[C@@H]1OCc1ccc2ccccc2c1)c1ccccc1. The molecule has 0 N–H and O–H groups in total. The highest BCUT2D eigenvalue weighted by Crippen LogP contribution is 2.42. The lowest BCUT2D eigenvalue weighted by Gasteiger charge is -2.52. The van der Waals surface area contributed by atoms with Crippen molar-refractivity contribution in [3.8, 4) is 0 Å². The van der Waals surface area contributed by atoms with E-state index in [1.165, 1.54) is 0 Å². The summed E-state index contributed by atoms with van der Waals surface area (Å²) in [6.45, 7) is 0.345. The highest BCUT2D eigenvalue weighted by Gasteiger charge is 2.58. The first-order chi connectivity index (χ1) is 35.0. The molecule has 6 unspecified atom stereocenters. The Morgan fingerprint density at radius 1 is 0.423 bits per heavy atom. The van der Waals surface area contributed by atoms with E-state index in [1.807, 2.05) is 133 Å². The summed E-state index contributed by atoms with van der Waals surface area (Å²) < 4.78 is 73.7. The lowest BCUT2D eigenvalue weighted by Crippen LogP contribution is -2.68. The van der Waals surface area contributed by atoms with Crippen LogP contribution in [0.3, 0.4) is 0 Å². The first-order valence-electron chi connectivity index (χ1n) is 23.9. The number of fused-ring (bicyclic) bond motifs is 3. The predicted octanol–water partition coefficient (Wildman–Crippen LogP) is 9.46. The fourth-order valence-corrected chi connectivity index (χ4v) is 9.45. The summed E-state index contributed by atoms with van der Waals surface area (Å²) in [5, 5.41) is 2.12. The third kappa shape index (κ3) is 10.7. The van der Waals surface area contributed by atoms with Gasteiger partial charge in [0.25, 0.3) is 0 Å². The predicted molar refractivity (Wildman–Crippen MR) is 257 cm³/mol. The van der Waals surface area contributed by atoms with Crippen LogP contribution in [0.5, 0.6) is 0 Å². The number of esters is 2. The Balaban J connectivity index is 0.992. The van der Waals surface area contributed by atoms with Crippen LogP contribution in [-0.2, 0) is 65.3 Å². The van der Waals surface area contributed by atoms with Gasteiger partial charge in [0.05, 0.1) is 37.6 Å². The standard InChI is InChI=1S/C58H52O13/c59-53(40-21-8-2-9-22-40)67-51-49(61-34-38-30-31-39-20-16-17-29-44(39)32-38)47-45(35-63-55(69-47)42-25-12-4-13-26-42)66-58(51)71-50-48-46(36-64-56(70-48)43-27-14-5-15-28-43)65-57(62-33-37-18-6-1-7-19-37)52(50)68-54(60)41-23-10-3-11-24-41/h1-32,45-52,55-58H,33-36H2/t45?,46?,47-,48-,49+,50+,51?,52?,55?,56?,57-,58+/m1/s1. The molecule has 0 aliphatic carbocycles. The minimum atomic E-state index is -1.40. The number of benzene rings is 7. The summed E-state index contributed by atoms with van der Waals surface area (Å²) in [4.78, 5) is 28.7. The van der Waals surface area contributed by atoms with Crippen LogP contribution >= 0.6 is 0 Å². The van der Waals surface area contributed by atoms with Crippen molar-refractivity contribution in [1.82, 2.24) is 0 Å². The molecule has 0 aromatic heterocycles. The molecule has 7 aromatic carbocycles. The zero-order valence-electron chi connectivity index (χ0n) is 38.5. The quantitative estimate of drug-likeness (QED) is 0.0959. The van der Waals surface area contributed by atoms with Crippen LogP contribution < -0.4 is 0 Å². The maximum Gasteiger partial charge on any atom is 0.338 e. The molecule has 7 aromatic rings. The van der Waals surface area contributed by atoms with Crippen molar-refractivity contribution in [2.45, 2.75) is 87.2 Å². The lowest BCUT2D eigenvalue weighted by molar-refractivity contribution is -0.406. The Hall–Kier alpha value is -6.62. The minimum absolute atomic E-state index is 0.0642. The molecule has 362 valence electrons. The second-order valence-electron chi connectivity index (χ2n) is 17.8. The van der Waals surface area contributed by atoms with Crippen molar-refractivity contribution in [2.24, 2.45) is 0 Å². The van der Waals surface area contributed by atoms with Gasteiger partial charge in [-0.25, -0.2) is 9.59 Å². The van der Waals surface area contributed by atoms with Gasteiger partial charge in [0.15, 0.2) is 37.4 Å². The molecule has 0 amide bonds. The molecule has 13 nitrogen and oxygen atoms in total. The summed E-state index contributed by atoms with van der Waals surface area (Å²) in [6, 6.07) is 60.1. The van der Waals surface area contributed by atoms with Crippen LogP contribution in [-0.4, -0.2) is 86.6 Å². The van der Waals surface area contributed by atoms with Crippen LogP contribution in [0.4, 0.5) is 0 Å². The highest BCUT2D eigenvalue weighted by molar-refractivity contribution is 5.90. The Morgan fingerprint density at radius 2 is 0.887 bits per heavy atom. The van der Waals surface area contributed by atoms with Gasteiger partial charge in [-0.2, -0.15) is 0 Å². The zero-order valence-corrected chi connectivity index (χ0v) is 38.5. The number of rotatable bonds is 14. The van der Waals surface area contributed by atoms with Crippen molar-refractivity contribution in [3.63, 3.8) is 0 Å². The summed E-state index contributed by atoms with van der Waals surface area (Å²) in [6.07, 6.45) is -12.4. The average Bonchev–Trinajstić information content (AvgIpc) is 3.43. The molecule has 0 saturated carbocycles. The molecule has 4 aliphatic rings. The van der Waals surface area contributed by atoms with E-state index < -0.39 is 85.9 Å². The summed E-state index contributed by atoms with van der Waals surface area (Å²) in [7, 11) is 0. The van der Waals surface area contributed by atoms with E-state index in [1.54, 1.807) is 48.5 Å². The lowest BCUT2D eigenvalue weighted by atomic mass is 9.95. The summed E-state index contributed by atoms with van der Waals surface area (Å²) in [5.74, 6) is -1.30. The summed E-state index contributed by atoms with van der Waals surface area (Å²) >= 11 is 0. The number of hydrogen-bond acceptors (Lipinski definition) is 13. The monoisotopic (exact) mass is 956 g/mol. The molecule has 4 fully saturated rings. The third-order valence-electron chi connectivity index (χ3n) is 13.0. The van der Waals surface area contributed by atoms with E-state index in [9.17, 15) is 9.59 Å². The molecule has 11 rings (SSSR count). The molecule has 4 saturated heterocycles. The normalized spacial score (nSPS) is 28.2. The number of ether oxygens (including phenoxy) is 11. The van der Waals surface area contributed by atoms with Gasteiger partial charge >= 0.3 is 11.9 Å². The van der Waals surface area contributed by atoms with E-state index in [0.29, 0.717) is 11.1 Å². The van der Waals surface area contributed by atoms with Crippen LogP contribution in [0.15, 0.2) is 194 Å². The molecular formula is C58H52O13. The van der Waals surface area contributed by atoms with Crippen LogP contribution in [0.25, 0.3) is 10.8 Å². The first kappa shape index (κ1) is 46.7. The van der Waals surface area contributed by atoms with Gasteiger partial charge in [-0.15, -0.1) is 0 Å². The maximum atomic E-state index is 14.4. The van der Waals surface area contributed by atoms with Gasteiger partial charge in [-0.05, 0) is 52.2 Å². The van der Waals surface area contributed by atoms with Gasteiger partial charge in [0, 0.05) is 11.1 Å². The number of carbonyl (C=O) groups excluding carboxylic acids is 2. The minimum Gasteiger partial charge on any atom is -0.450 e. The molecule has 4 aliphatic heterocycles.